The number of hydrogen-bond donors (Lipinski definition) is 3. The Bertz CT molecular complexity index is 972. The number of allylic oxidation sites excluding steroid dienone is 1. The summed E-state index contributed by atoms with van der Waals surface area (Å²) >= 11 is 6.44. The maximum atomic E-state index is 11.7. The van der Waals surface area contributed by atoms with Crippen molar-refractivity contribution in [2.24, 2.45) is 0 Å². The van der Waals surface area contributed by atoms with Crippen LogP contribution in [0.1, 0.15) is 24.5 Å². The van der Waals surface area contributed by atoms with Crippen LogP contribution in [0.2, 0.25) is 5.02 Å². The van der Waals surface area contributed by atoms with Crippen LogP contribution >= 0.6 is 11.6 Å². The van der Waals surface area contributed by atoms with Gasteiger partial charge in [0.15, 0.2) is 0 Å². The molecule has 1 amide bonds. The Morgan fingerprint density at radius 3 is 2.97 bits per heavy atom. The quantitative estimate of drug-likeness (QED) is 0.473. The van der Waals surface area contributed by atoms with E-state index in [1.54, 1.807) is 6.20 Å². The average molecular weight is 439 g/mol. The molecule has 1 aliphatic heterocycles. The number of nitrogens with one attached hydrogen (secondary N) is 3. The predicted octanol–water partition coefficient (Wildman–Crippen LogP) is 3.39. The Morgan fingerprint density at radius 2 is 2.16 bits per heavy atom. The van der Waals surface area contributed by atoms with Crippen molar-refractivity contribution in [3.8, 4) is 0 Å². The molecule has 4 rings (SSSR count). The third-order valence-electron chi connectivity index (χ3n) is 5.57. The van der Waals surface area contributed by atoms with Crippen LogP contribution in [0, 0.1) is 0 Å². The van der Waals surface area contributed by atoms with Gasteiger partial charge in [-0.3, -0.25) is 4.79 Å². The van der Waals surface area contributed by atoms with E-state index in [0.29, 0.717) is 11.0 Å². The molecule has 0 spiro atoms. The molecular formula is C23H27ClN6O. The second-order valence-corrected chi connectivity index (χ2v) is 8.16. The maximum absolute atomic E-state index is 11.7. The smallest absolute Gasteiger partial charge is 0.243 e. The second kappa shape index (κ2) is 9.94. The number of carbonyl (C=O) groups is 1. The molecule has 2 heterocycles. The normalized spacial score (nSPS) is 20.9. The molecular weight excluding hydrogens is 412 g/mol. The van der Waals surface area contributed by atoms with Crippen LogP contribution in [0.5, 0.6) is 0 Å². The lowest BCUT2D eigenvalue weighted by Crippen LogP contribution is -2.43. The largest absolute Gasteiger partial charge is 0.369 e. The van der Waals surface area contributed by atoms with Crippen LogP contribution in [0.25, 0.3) is 0 Å². The van der Waals surface area contributed by atoms with Crippen molar-refractivity contribution in [3.05, 3.63) is 66.0 Å². The first-order valence-electron chi connectivity index (χ1n) is 10.6. The summed E-state index contributed by atoms with van der Waals surface area (Å²) in [5.74, 6) is 0.342. The first-order valence-corrected chi connectivity index (χ1v) is 10.9. The first-order chi connectivity index (χ1) is 15.1. The molecule has 1 aromatic heterocycles. The SMILES string of the molecule is C=CC(=O)NC1CC=CC(c2nc(Nc3cccc(N4CCNCC4)c3)ncc2Cl)C1. The van der Waals surface area contributed by atoms with Crippen LogP contribution in [0.4, 0.5) is 17.3 Å². The molecule has 0 saturated carbocycles. The van der Waals surface area contributed by atoms with Gasteiger partial charge in [0, 0.05) is 49.5 Å². The van der Waals surface area contributed by atoms with Gasteiger partial charge in [0.05, 0.1) is 16.9 Å². The minimum atomic E-state index is -0.167. The fraction of sp³-hybridized carbons (Fsp3) is 0.348. The second-order valence-electron chi connectivity index (χ2n) is 7.75. The Hall–Kier alpha value is -2.90. The zero-order chi connectivity index (χ0) is 21.6. The summed E-state index contributed by atoms with van der Waals surface area (Å²) in [5, 5.41) is 10.2. The van der Waals surface area contributed by atoms with Crippen molar-refractivity contribution in [1.29, 1.82) is 0 Å². The lowest BCUT2D eigenvalue weighted by atomic mass is 9.89. The van der Waals surface area contributed by atoms with Crippen LogP contribution in [0.3, 0.4) is 0 Å². The van der Waals surface area contributed by atoms with Crippen molar-refractivity contribution in [2.75, 3.05) is 36.4 Å². The van der Waals surface area contributed by atoms with Crippen LogP contribution in [0.15, 0.2) is 55.3 Å². The Morgan fingerprint density at radius 1 is 1.32 bits per heavy atom. The molecule has 0 bridgehead atoms. The highest BCUT2D eigenvalue weighted by Crippen LogP contribution is 2.32. The van der Waals surface area contributed by atoms with E-state index < -0.39 is 0 Å². The molecule has 7 nitrogen and oxygen atoms in total. The third-order valence-corrected chi connectivity index (χ3v) is 5.86. The molecule has 0 radical (unpaired) electrons. The van der Waals surface area contributed by atoms with Crippen molar-refractivity contribution < 1.29 is 4.79 Å². The van der Waals surface area contributed by atoms with Crippen LogP contribution in [-0.4, -0.2) is 48.1 Å². The van der Waals surface area contributed by atoms with Gasteiger partial charge in [-0.05, 0) is 37.1 Å². The van der Waals surface area contributed by atoms with Crippen molar-refractivity contribution in [3.63, 3.8) is 0 Å². The first kappa shape index (κ1) is 21.3. The lowest BCUT2D eigenvalue weighted by molar-refractivity contribution is -0.117. The standard InChI is InChI=1S/C23H27ClN6O/c1-2-21(31)27-17-6-3-5-16(13-17)22-20(24)15-26-23(29-22)28-18-7-4-8-19(14-18)30-11-9-25-10-12-30/h2-5,7-8,14-17,25H,1,6,9-13H2,(H,27,31)(H,26,28,29). The van der Waals surface area contributed by atoms with E-state index in [2.05, 4.69) is 56.7 Å². The van der Waals surface area contributed by atoms with Gasteiger partial charge in [-0.2, -0.15) is 0 Å². The number of hydrogen-bond acceptors (Lipinski definition) is 6. The highest BCUT2D eigenvalue weighted by atomic mass is 35.5. The molecule has 3 N–H and O–H groups in total. The van der Waals surface area contributed by atoms with E-state index in [4.69, 9.17) is 16.6 Å². The van der Waals surface area contributed by atoms with E-state index in [1.807, 2.05) is 12.1 Å². The Balaban J connectivity index is 1.49. The van der Waals surface area contributed by atoms with Gasteiger partial charge in [0.25, 0.3) is 0 Å². The van der Waals surface area contributed by atoms with Crippen molar-refractivity contribution >= 4 is 34.8 Å². The molecule has 2 atom stereocenters. The topological polar surface area (TPSA) is 82.2 Å². The fourth-order valence-electron chi connectivity index (χ4n) is 4.00. The monoisotopic (exact) mass is 438 g/mol. The minimum Gasteiger partial charge on any atom is -0.369 e. The Kier molecular flexibility index (Phi) is 6.84. The average Bonchev–Trinajstić information content (AvgIpc) is 2.81. The van der Waals surface area contributed by atoms with Gasteiger partial charge in [0.2, 0.25) is 11.9 Å². The molecule has 2 unspecified atom stereocenters. The molecule has 1 saturated heterocycles. The summed E-state index contributed by atoms with van der Waals surface area (Å²) in [7, 11) is 0. The molecule has 162 valence electrons. The number of carbonyl (C=O) groups excluding carboxylic acids is 1. The summed E-state index contributed by atoms with van der Waals surface area (Å²) in [4.78, 5) is 23.1. The number of amides is 1. The molecule has 31 heavy (non-hydrogen) atoms. The third kappa shape index (κ3) is 5.42. The van der Waals surface area contributed by atoms with Gasteiger partial charge in [-0.25, -0.2) is 9.97 Å². The van der Waals surface area contributed by atoms with Gasteiger partial charge in [-0.1, -0.05) is 36.4 Å². The van der Waals surface area contributed by atoms with Gasteiger partial charge in [0.1, 0.15) is 0 Å². The number of aromatic nitrogens is 2. The molecule has 2 aliphatic rings. The minimum absolute atomic E-state index is 0.00657. The summed E-state index contributed by atoms with van der Waals surface area (Å²) in [5.41, 5.74) is 2.86. The highest BCUT2D eigenvalue weighted by molar-refractivity contribution is 6.31. The molecule has 8 heteroatoms. The van der Waals surface area contributed by atoms with Crippen LogP contribution in [-0.2, 0) is 4.79 Å². The lowest BCUT2D eigenvalue weighted by Gasteiger charge is -2.29. The molecule has 1 aromatic carbocycles. The zero-order valence-corrected chi connectivity index (χ0v) is 18.1. The van der Waals surface area contributed by atoms with E-state index in [9.17, 15) is 4.79 Å². The van der Waals surface area contributed by atoms with E-state index in [0.717, 1.165) is 50.4 Å². The van der Waals surface area contributed by atoms with E-state index >= 15 is 0 Å². The van der Waals surface area contributed by atoms with Gasteiger partial charge >= 0.3 is 0 Å². The summed E-state index contributed by atoms with van der Waals surface area (Å²) < 4.78 is 0. The van der Waals surface area contributed by atoms with Gasteiger partial charge < -0.3 is 20.9 Å². The molecule has 2 aromatic rings. The highest BCUT2D eigenvalue weighted by Gasteiger charge is 2.24. The summed E-state index contributed by atoms with van der Waals surface area (Å²) in [6.45, 7) is 7.48. The maximum Gasteiger partial charge on any atom is 0.243 e. The van der Waals surface area contributed by atoms with E-state index in [1.165, 1.54) is 11.8 Å². The number of rotatable bonds is 6. The summed E-state index contributed by atoms with van der Waals surface area (Å²) in [6.07, 6.45) is 8.59. The fourth-order valence-corrected chi connectivity index (χ4v) is 4.23. The number of benzene rings is 1. The van der Waals surface area contributed by atoms with Crippen molar-refractivity contribution in [2.45, 2.75) is 24.8 Å². The van der Waals surface area contributed by atoms with Crippen LogP contribution < -0.4 is 20.9 Å². The number of nitrogens with zero attached hydrogens (tertiary/aromatic N) is 3. The van der Waals surface area contributed by atoms with E-state index in [-0.39, 0.29) is 17.9 Å². The zero-order valence-electron chi connectivity index (χ0n) is 17.4. The number of halogens is 1. The number of anilines is 3. The summed E-state index contributed by atoms with van der Waals surface area (Å²) in [6, 6.07) is 8.30. The molecule has 1 fully saturated rings. The van der Waals surface area contributed by atoms with Crippen molar-refractivity contribution in [1.82, 2.24) is 20.6 Å². The van der Waals surface area contributed by atoms with Gasteiger partial charge in [-0.15, -0.1) is 0 Å². The number of piperazine rings is 1. The predicted molar refractivity (Wildman–Crippen MR) is 125 cm³/mol. The molecule has 1 aliphatic carbocycles. The Labute approximate surface area is 187 Å².